The Bertz CT molecular complexity index is 1350. The first-order valence-electron chi connectivity index (χ1n) is 18.2. The number of hydrogen-bond donors (Lipinski definition) is 0. The number of carbonyl (C=O) groups is 2. The van der Waals surface area contributed by atoms with E-state index in [-0.39, 0.29) is 17.7 Å². The zero-order chi connectivity index (χ0) is 34.0. The number of hydrogen-bond acceptors (Lipinski definition) is 3. The molecule has 0 radical (unpaired) electrons. The van der Waals surface area contributed by atoms with Gasteiger partial charge in [-0.2, -0.15) is 0 Å². The highest BCUT2D eigenvalue weighted by Crippen LogP contribution is 2.45. The lowest BCUT2D eigenvalue weighted by Gasteiger charge is -2.46. The normalized spacial score (nSPS) is 23.1. The number of halogens is 2. The molecule has 8 heteroatoms. The Kier molecular flexibility index (Phi) is 11.9. The van der Waals surface area contributed by atoms with E-state index in [1.165, 1.54) is 0 Å². The summed E-state index contributed by atoms with van der Waals surface area (Å²) in [5, 5.41) is 1.18. The molecule has 258 valence electrons. The number of amides is 2. The van der Waals surface area contributed by atoms with Gasteiger partial charge < -0.3 is 14.2 Å². The van der Waals surface area contributed by atoms with Crippen molar-refractivity contribution in [3.05, 3.63) is 57.6 Å². The van der Waals surface area contributed by atoms with Gasteiger partial charge in [0.05, 0.1) is 0 Å². The average Bonchev–Trinajstić information content (AvgIpc) is 3.40. The molecule has 1 saturated carbocycles. The van der Waals surface area contributed by atoms with Crippen LogP contribution in [0.4, 0.5) is 0 Å². The van der Waals surface area contributed by atoms with E-state index in [0.29, 0.717) is 56.7 Å². The molecule has 1 atom stereocenters. The molecule has 47 heavy (non-hydrogen) atoms. The average molecular weight is 700 g/mol. The van der Waals surface area contributed by atoms with Crippen molar-refractivity contribution in [2.75, 3.05) is 19.6 Å². The summed E-state index contributed by atoms with van der Waals surface area (Å²) in [7, 11) is -1.91. The van der Waals surface area contributed by atoms with Crippen molar-refractivity contribution in [1.82, 2.24) is 9.80 Å². The highest BCUT2D eigenvalue weighted by molar-refractivity contribution is 6.77. The number of carbonyl (C=O) groups excluding carboxylic acids is 2. The lowest BCUT2D eigenvalue weighted by molar-refractivity contribution is -0.133. The van der Waals surface area contributed by atoms with Crippen molar-refractivity contribution in [3.8, 4) is 11.1 Å². The third-order valence-electron chi connectivity index (χ3n) is 11.6. The zero-order valence-corrected chi connectivity index (χ0v) is 32.2. The van der Waals surface area contributed by atoms with E-state index < -0.39 is 8.32 Å². The fraction of sp³-hybridized carbons (Fsp3) is 0.641. The van der Waals surface area contributed by atoms with Crippen molar-refractivity contribution in [2.24, 2.45) is 11.8 Å². The second kappa shape index (κ2) is 15.4. The molecule has 1 aliphatic carbocycles. The number of benzene rings is 2. The molecular weight excluding hydrogens is 643 g/mol. The van der Waals surface area contributed by atoms with Crippen LogP contribution in [0, 0.1) is 11.8 Å². The van der Waals surface area contributed by atoms with Crippen molar-refractivity contribution in [2.45, 2.75) is 129 Å². The first-order valence-corrected chi connectivity index (χ1v) is 21.1. The molecule has 0 aromatic heterocycles. The Labute approximate surface area is 294 Å². The zero-order valence-electron chi connectivity index (χ0n) is 29.7. The minimum atomic E-state index is -1.91. The summed E-state index contributed by atoms with van der Waals surface area (Å²) in [5.74, 6) is 0.917. The summed E-state index contributed by atoms with van der Waals surface area (Å²) in [6.45, 7) is 18.8. The molecule has 2 aromatic rings. The quantitative estimate of drug-likeness (QED) is 0.232. The number of likely N-dealkylation sites (tertiary alicyclic amines) is 2. The highest BCUT2D eigenvalue weighted by atomic mass is 35.5. The largest absolute Gasteiger partial charge is 0.413 e. The van der Waals surface area contributed by atoms with Crippen LogP contribution in [0.2, 0.25) is 26.7 Å². The second-order valence-corrected chi connectivity index (χ2v) is 21.8. The first kappa shape index (κ1) is 36.4. The van der Waals surface area contributed by atoms with Gasteiger partial charge in [-0.3, -0.25) is 9.59 Å². The first-order chi connectivity index (χ1) is 22.3. The SMILES string of the molecule is CC1CCN(C(=O)c2ccc(-c3cc(Cl)c(C[C@@H]4CCN([C@H]5CC[C@H](O[Si](C(C)C)(C(C)C)C(C)C)CC5)C4=O)c(Cl)c3)cc2)CC1. The predicted octanol–water partition coefficient (Wildman–Crippen LogP) is 10.4. The van der Waals surface area contributed by atoms with Crippen molar-refractivity contribution >= 4 is 43.3 Å². The topological polar surface area (TPSA) is 49.9 Å². The summed E-state index contributed by atoms with van der Waals surface area (Å²) >= 11 is 13.7. The number of rotatable bonds is 10. The minimum absolute atomic E-state index is 0.0959. The maximum Gasteiger partial charge on any atom is 0.253 e. The van der Waals surface area contributed by atoms with Crippen LogP contribution in [-0.2, 0) is 15.6 Å². The molecule has 0 bridgehead atoms. The van der Waals surface area contributed by atoms with Crippen LogP contribution in [0.15, 0.2) is 36.4 Å². The fourth-order valence-electron chi connectivity index (χ4n) is 8.90. The van der Waals surface area contributed by atoms with E-state index in [2.05, 4.69) is 53.4 Å². The van der Waals surface area contributed by atoms with E-state index in [1.54, 1.807) is 0 Å². The van der Waals surface area contributed by atoms with Gasteiger partial charge in [-0.1, -0.05) is 83.8 Å². The maximum atomic E-state index is 13.7. The molecule has 2 saturated heterocycles. The molecule has 3 fully saturated rings. The van der Waals surface area contributed by atoms with Gasteiger partial charge in [-0.15, -0.1) is 0 Å². The van der Waals surface area contributed by atoms with Gasteiger partial charge in [0.2, 0.25) is 14.2 Å². The monoisotopic (exact) mass is 698 g/mol. The Hall–Kier alpha value is -1.86. The molecule has 2 aliphatic heterocycles. The van der Waals surface area contributed by atoms with E-state index in [4.69, 9.17) is 27.6 Å². The van der Waals surface area contributed by atoms with Gasteiger partial charge in [0.15, 0.2) is 0 Å². The van der Waals surface area contributed by atoms with E-state index in [1.807, 2.05) is 41.3 Å². The molecule has 2 aromatic carbocycles. The molecular formula is C39H56Cl2N2O3Si. The highest BCUT2D eigenvalue weighted by Gasteiger charge is 2.47. The summed E-state index contributed by atoms with van der Waals surface area (Å²) < 4.78 is 7.10. The van der Waals surface area contributed by atoms with Crippen molar-refractivity contribution in [1.29, 1.82) is 0 Å². The maximum absolute atomic E-state index is 13.7. The third-order valence-corrected chi connectivity index (χ3v) is 18.5. The smallest absolute Gasteiger partial charge is 0.253 e. The Morgan fingerprint density at radius 1 is 0.809 bits per heavy atom. The summed E-state index contributed by atoms with van der Waals surface area (Å²) in [5.41, 5.74) is 5.17. The number of nitrogens with zero attached hydrogens (tertiary/aromatic N) is 2. The molecule has 5 nitrogen and oxygen atoms in total. The van der Waals surface area contributed by atoms with Crippen LogP contribution >= 0.6 is 23.2 Å². The lowest BCUT2D eigenvalue weighted by Crippen LogP contribution is -2.51. The Morgan fingerprint density at radius 3 is 1.89 bits per heavy atom. The standard InChI is InChI=1S/C39H56Cl2N2O3Si/c1-25(2)47(26(3)4,27(5)6)46-34-14-12-33(13-15-34)43-21-18-31(39(43)45)22-35-36(40)23-32(24-37(35)41)29-8-10-30(11-9-29)38(44)42-19-16-28(7)17-20-42/h8-11,23-28,31,33-34H,12-22H2,1-7H3/t31-,33-,34-/m0/s1. The summed E-state index contributed by atoms with van der Waals surface area (Å²) in [6, 6.07) is 11.9. The van der Waals surface area contributed by atoms with E-state index in [0.717, 1.165) is 81.3 Å². The van der Waals surface area contributed by atoms with Gasteiger partial charge in [-0.25, -0.2) is 0 Å². The summed E-state index contributed by atoms with van der Waals surface area (Å²) in [4.78, 5) is 30.8. The predicted molar refractivity (Wildman–Crippen MR) is 198 cm³/mol. The molecule has 2 amide bonds. The van der Waals surface area contributed by atoms with Crippen LogP contribution < -0.4 is 0 Å². The summed E-state index contributed by atoms with van der Waals surface area (Å²) in [6.07, 6.45) is 7.91. The molecule has 3 aliphatic rings. The van der Waals surface area contributed by atoms with Gasteiger partial charge >= 0.3 is 0 Å². The van der Waals surface area contributed by atoms with Gasteiger partial charge in [0, 0.05) is 53.3 Å². The third kappa shape index (κ3) is 7.82. The Balaban J connectivity index is 1.18. The van der Waals surface area contributed by atoms with E-state index >= 15 is 0 Å². The van der Waals surface area contributed by atoms with Crippen LogP contribution in [0.3, 0.4) is 0 Å². The van der Waals surface area contributed by atoms with Crippen LogP contribution in [0.1, 0.15) is 109 Å². The molecule has 0 unspecified atom stereocenters. The number of piperidine rings is 1. The minimum Gasteiger partial charge on any atom is -0.413 e. The fourth-order valence-corrected chi connectivity index (χ4v) is 15.2. The molecule has 0 N–H and O–H groups in total. The van der Waals surface area contributed by atoms with Crippen LogP contribution in [-0.4, -0.2) is 61.7 Å². The van der Waals surface area contributed by atoms with Crippen molar-refractivity contribution in [3.63, 3.8) is 0 Å². The van der Waals surface area contributed by atoms with Crippen LogP contribution in [0.5, 0.6) is 0 Å². The molecule has 5 rings (SSSR count). The second-order valence-electron chi connectivity index (χ2n) is 15.6. The van der Waals surface area contributed by atoms with Gasteiger partial charge in [-0.05, 0) is 115 Å². The molecule has 0 spiro atoms. The van der Waals surface area contributed by atoms with Crippen molar-refractivity contribution < 1.29 is 14.0 Å². The Morgan fingerprint density at radius 2 is 1.36 bits per heavy atom. The van der Waals surface area contributed by atoms with Crippen LogP contribution in [0.25, 0.3) is 11.1 Å². The lowest BCUT2D eigenvalue weighted by atomic mass is 9.92. The van der Waals surface area contributed by atoms with Gasteiger partial charge in [0.1, 0.15) is 0 Å². The van der Waals surface area contributed by atoms with E-state index in [9.17, 15) is 9.59 Å². The molecule has 2 heterocycles. The van der Waals surface area contributed by atoms with Gasteiger partial charge in [0.25, 0.3) is 5.91 Å².